The van der Waals surface area contributed by atoms with Gasteiger partial charge in [-0.05, 0) is 49.4 Å². The molecule has 2 aromatic carbocycles. The van der Waals surface area contributed by atoms with Crippen molar-refractivity contribution in [3.63, 3.8) is 0 Å². The number of aryl methyl sites for hydroxylation is 2. The number of aromatic nitrogens is 3. The smallest absolute Gasteiger partial charge is 0.292 e. The van der Waals surface area contributed by atoms with E-state index in [4.69, 9.17) is 4.42 Å². The summed E-state index contributed by atoms with van der Waals surface area (Å²) in [6, 6.07) is 12.9. The molecule has 0 unspecified atom stereocenters. The molecule has 0 saturated heterocycles. The largest absolute Gasteiger partial charge is 0.443 e. The second-order valence-corrected chi connectivity index (χ2v) is 7.59. The molecule has 26 heavy (non-hydrogen) atoms. The second kappa shape index (κ2) is 5.97. The second-order valence-electron chi connectivity index (χ2n) is 7.59. The third kappa shape index (κ3) is 2.28. The van der Waals surface area contributed by atoms with Crippen LogP contribution in [0.15, 0.2) is 47.2 Å². The SMILES string of the molecule is Cc1ccc2ocnc2c1-c1n(CC2CCCC2)c2ccccc2[n+]1C. The molecule has 1 aliphatic carbocycles. The molecule has 4 nitrogen and oxygen atoms in total. The first-order chi connectivity index (χ1) is 12.7. The Bertz CT molecular complexity index is 1100. The molecule has 0 amide bonds. The van der Waals surface area contributed by atoms with Crippen LogP contribution in [0, 0.1) is 12.8 Å². The summed E-state index contributed by atoms with van der Waals surface area (Å²) in [6.07, 6.45) is 6.95. The zero-order valence-corrected chi connectivity index (χ0v) is 15.4. The minimum absolute atomic E-state index is 0.765. The quantitative estimate of drug-likeness (QED) is 0.501. The van der Waals surface area contributed by atoms with Crippen LogP contribution in [-0.4, -0.2) is 9.55 Å². The van der Waals surface area contributed by atoms with E-state index < -0.39 is 0 Å². The van der Waals surface area contributed by atoms with Crippen molar-refractivity contribution in [3.8, 4) is 11.4 Å². The predicted molar refractivity (Wildman–Crippen MR) is 103 cm³/mol. The predicted octanol–water partition coefficient (Wildman–Crippen LogP) is 4.77. The van der Waals surface area contributed by atoms with Crippen molar-refractivity contribution in [2.24, 2.45) is 13.0 Å². The van der Waals surface area contributed by atoms with Crippen LogP contribution < -0.4 is 4.57 Å². The fraction of sp³-hybridized carbons (Fsp3) is 0.364. The van der Waals surface area contributed by atoms with E-state index in [1.807, 2.05) is 6.07 Å². The molecule has 4 aromatic rings. The maximum absolute atomic E-state index is 5.59. The van der Waals surface area contributed by atoms with E-state index in [9.17, 15) is 0 Å². The molecule has 0 N–H and O–H groups in total. The van der Waals surface area contributed by atoms with E-state index in [-0.39, 0.29) is 0 Å². The van der Waals surface area contributed by atoms with Crippen molar-refractivity contribution in [1.82, 2.24) is 9.55 Å². The summed E-state index contributed by atoms with van der Waals surface area (Å²) in [7, 11) is 2.17. The van der Waals surface area contributed by atoms with Crippen molar-refractivity contribution in [2.75, 3.05) is 0 Å². The van der Waals surface area contributed by atoms with Crippen LogP contribution in [0.3, 0.4) is 0 Å². The van der Waals surface area contributed by atoms with Gasteiger partial charge in [-0.25, -0.2) is 14.1 Å². The molecule has 5 rings (SSSR count). The van der Waals surface area contributed by atoms with E-state index in [0.29, 0.717) is 0 Å². The zero-order valence-electron chi connectivity index (χ0n) is 15.4. The van der Waals surface area contributed by atoms with Gasteiger partial charge in [0.2, 0.25) is 0 Å². The maximum atomic E-state index is 5.59. The highest BCUT2D eigenvalue weighted by Gasteiger charge is 2.30. The van der Waals surface area contributed by atoms with Crippen molar-refractivity contribution in [1.29, 1.82) is 0 Å². The van der Waals surface area contributed by atoms with Gasteiger partial charge in [0.05, 0.1) is 19.2 Å². The van der Waals surface area contributed by atoms with Crippen LogP contribution in [-0.2, 0) is 13.6 Å². The van der Waals surface area contributed by atoms with E-state index >= 15 is 0 Å². The zero-order chi connectivity index (χ0) is 17.7. The van der Waals surface area contributed by atoms with Crippen LogP contribution in [0.25, 0.3) is 33.5 Å². The molecule has 4 heteroatoms. The van der Waals surface area contributed by atoms with Crippen molar-refractivity contribution in [2.45, 2.75) is 39.2 Å². The van der Waals surface area contributed by atoms with Gasteiger partial charge >= 0.3 is 0 Å². The number of fused-ring (bicyclic) bond motifs is 2. The molecule has 2 aromatic heterocycles. The van der Waals surface area contributed by atoms with Gasteiger partial charge in [-0.15, -0.1) is 0 Å². The summed E-state index contributed by atoms with van der Waals surface area (Å²) in [5, 5.41) is 0. The van der Waals surface area contributed by atoms with Gasteiger partial charge in [-0.3, -0.25) is 0 Å². The molecule has 1 saturated carbocycles. The Kier molecular flexibility index (Phi) is 3.59. The summed E-state index contributed by atoms with van der Waals surface area (Å²) in [4.78, 5) is 4.55. The van der Waals surface area contributed by atoms with Crippen LogP contribution in [0.2, 0.25) is 0 Å². The first kappa shape index (κ1) is 15.6. The van der Waals surface area contributed by atoms with E-state index in [1.165, 1.54) is 53.7 Å². The van der Waals surface area contributed by atoms with Crippen LogP contribution in [0.4, 0.5) is 0 Å². The van der Waals surface area contributed by atoms with E-state index in [0.717, 1.165) is 23.6 Å². The first-order valence-electron chi connectivity index (χ1n) is 9.54. The van der Waals surface area contributed by atoms with Crippen LogP contribution in [0.1, 0.15) is 31.2 Å². The molecule has 1 aliphatic rings. The Morgan fingerprint density at radius 1 is 1.15 bits per heavy atom. The monoisotopic (exact) mass is 346 g/mol. The van der Waals surface area contributed by atoms with Gasteiger partial charge in [0.1, 0.15) is 5.52 Å². The molecule has 0 spiro atoms. The number of para-hydroxylation sites is 2. The van der Waals surface area contributed by atoms with Gasteiger partial charge < -0.3 is 4.42 Å². The topological polar surface area (TPSA) is 34.8 Å². The lowest BCUT2D eigenvalue weighted by Gasteiger charge is -2.10. The summed E-state index contributed by atoms with van der Waals surface area (Å²) >= 11 is 0. The summed E-state index contributed by atoms with van der Waals surface area (Å²) in [5.74, 6) is 2.00. The lowest BCUT2D eigenvalue weighted by molar-refractivity contribution is -0.634. The highest BCUT2D eigenvalue weighted by Crippen LogP contribution is 2.34. The van der Waals surface area contributed by atoms with Gasteiger partial charge in [0, 0.05) is 0 Å². The first-order valence-corrected chi connectivity index (χ1v) is 9.54. The van der Waals surface area contributed by atoms with E-state index in [2.05, 4.69) is 58.4 Å². The molecule has 0 bridgehead atoms. The highest BCUT2D eigenvalue weighted by atomic mass is 16.3. The number of imidazole rings is 1. The maximum Gasteiger partial charge on any atom is 0.292 e. The standard InChI is InChI=1S/C22H24N3O/c1-15-11-12-19-21(23-14-26-19)20(15)22-24(2)17-9-5-6-10-18(17)25(22)13-16-7-3-4-8-16/h5-6,9-12,14,16H,3-4,7-8,13H2,1-2H3/q+1. The fourth-order valence-electron chi connectivity index (χ4n) is 4.64. The third-order valence-corrected chi connectivity index (χ3v) is 5.96. The van der Waals surface area contributed by atoms with E-state index in [1.54, 1.807) is 6.39 Å². The van der Waals surface area contributed by atoms with Crippen molar-refractivity contribution < 1.29 is 8.98 Å². The Morgan fingerprint density at radius 2 is 1.96 bits per heavy atom. The molecular weight excluding hydrogens is 322 g/mol. The Labute approximate surface area is 153 Å². The average Bonchev–Trinajstić information content (AvgIpc) is 3.38. The normalized spacial score (nSPS) is 15.5. The number of hydrogen-bond donors (Lipinski definition) is 0. The number of nitrogens with zero attached hydrogens (tertiary/aromatic N) is 3. The number of benzene rings is 2. The molecule has 0 radical (unpaired) electrons. The summed E-state index contributed by atoms with van der Waals surface area (Å²) < 4.78 is 10.4. The van der Waals surface area contributed by atoms with Gasteiger partial charge in [-0.1, -0.05) is 31.0 Å². The van der Waals surface area contributed by atoms with Gasteiger partial charge in [0.25, 0.3) is 5.82 Å². The van der Waals surface area contributed by atoms with Gasteiger partial charge in [0.15, 0.2) is 23.0 Å². The Morgan fingerprint density at radius 3 is 2.81 bits per heavy atom. The highest BCUT2D eigenvalue weighted by molar-refractivity contribution is 5.91. The molecule has 0 aliphatic heterocycles. The third-order valence-electron chi connectivity index (χ3n) is 5.96. The number of oxazole rings is 1. The fourth-order valence-corrected chi connectivity index (χ4v) is 4.64. The summed E-state index contributed by atoms with van der Waals surface area (Å²) in [6.45, 7) is 3.24. The summed E-state index contributed by atoms with van der Waals surface area (Å²) in [5.41, 5.74) is 6.79. The Hall–Kier alpha value is -2.62. The van der Waals surface area contributed by atoms with Gasteiger partial charge in [-0.2, -0.15) is 0 Å². The molecule has 1 fully saturated rings. The lowest BCUT2D eigenvalue weighted by atomic mass is 10.0. The number of rotatable bonds is 3. The van der Waals surface area contributed by atoms with Crippen molar-refractivity contribution >= 4 is 22.1 Å². The Balaban J connectivity index is 1.82. The van der Waals surface area contributed by atoms with Crippen molar-refractivity contribution in [3.05, 3.63) is 48.4 Å². The molecule has 0 atom stereocenters. The molecule has 2 heterocycles. The average molecular weight is 346 g/mol. The molecule has 132 valence electrons. The van der Waals surface area contributed by atoms with Crippen LogP contribution in [0.5, 0.6) is 0 Å². The van der Waals surface area contributed by atoms with Crippen LogP contribution >= 0.6 is 0 Å². The lowest BCUT2D eigenvalue weighted by Crippen LogP contribution is -2.31. The minimum Gasteiger partial charge on any atom is -0.443 e. The minimum atomic E-state index is 0.765. The molecular formula is C22H24N3O+. The number of hydrogen-bond acceptors (Lipinski definition) is 2.